The molecule has 112 valence electrons. The van der Waals surface area contributed by atoms with Gasteiger partial charge in [-0.25, -0.2) is 0 Å². The maximum atomic E-state index is 12.3. The molecule has 0 radical (unpaired) electrons. The lowest BCUT2D eigenvalue weighted by atomic mass is 10.1. The van der Waals surface area contributed by atoms with E-state index in [1.165, 1.54) is 0 Å². The van der Waals surface area contributed by atoms with Crippen molar-refractivity contribution in [1.82, 2.24) is 5.32 Å². The molecule has 6 heteroatoms. The van der Waals surface area contributed by atoms with Gasteiger partial charge >= 0.3 is 0 Å². The van der Waals surface area contributed by atoms with Crippen LogP contribution >= 0.6 is 0 Å². The quantitative estimate of drug-likeness (QED) is 0.940. The number of carbonyl (C=O) groups is 1. The monoisotopic (exact) mass is 299 g/mol. The van der Waals surface area contributed by atoms with Crippen molar-refractivity contribution in [2.75, 3.05) is 13.6 Å². The van der Waals surface area contributed by atoms with Crippen LogP contribution in [0.1, 0.15) is 15.9 Å². The van der Waals surface area contributed by atoms with E-state index >= 15 is 0 Å². The van der Waals surface area contributed by atoms with Gasteiger partial charge in [-0.2, -0.15) is 0 Å². The number of ether oxygens (including phenoxy) is 4. The summed E-state index contributed by atoms with van der Waals surface area (Å²) < 4.78 is 21.2. The fraction of sp³-hybridized carbons (Fsp3) is 0.188. The van der Waals surface area contributed by atoms with Gasteiger partial charge in [0.15, 0.2) is 23.0 Å². The number of benzene rings is 2. The van der Waals surface area contributed by atoms with Crippen LogP contribution in [0.25, 0.3) is 0 Å². The average Bonchev–Trinajstić information content (AvgIpc) is 3.20. The highest BCUT2D eigenvalue weighted by Gasteiger charge is 2.21. The number of fused-ring (bicyclic) bond motifs is 2. The molecule has 0 saturated heterocycles. The molecule has 1 amide bonds. The van der Waals surface area contributed by atoms with Crippen molar-refractivity contribution in [1.29, 1.82) is 0 Å². The Morgan fingerprint density at radius 2 is 1.77 bits per heavy atom. The van der Waals surface area contributed by atoms with Crippen molar-refractivity contribution in [2.45, 2.75) is 6.54 Å². The van der Waals surface area contributed by atoms with Gasteiger partial charge in [0.1, 0.15) is 0 Å². The van der Waals surface area contributed by atoms with E-state index in [2.05, 4.69) is 5.32 Å². The number of amides is 1. The van der Waals surface area contributed by atoms with Crippen molar-refractivity contribution in [2.24, 2.45) is 0 Å². The van der Waals surface area contributed by atoms with E-state index in [-0.39, 0.29) is 19.5 Å². The summed E-state index contributed by atoms with van der Waals surface area (Å²) in [6, 6.07) is 10.8. The molecule has 22 heavy (non-hydrogen) atoms. The first-order valence-corrected chi connectivity index (χ1v) is 6.86. The first-order valence-electron chi connectivity index (χ1n) is 6.86. The minimum absolute atomic E-state index is 0.141. The lowest BCUT2D eigenvalue weighted by molar-refractivity contribution is 0.0946. The highest BCUT2D eigenvalue weighted by atomic mass is 16.7. The number of carbonyl (C=O) groups excluding carboxylic acids is 1. The third-order valence-electron chi connectivity index (χ3n) is 3.53. The highest BCUT2D eigenvalue weighted by molar-refractivity contribution is 5.97. The molecule has 0 aromatic heterocycles. The Hall–Kier alpha value is -2.89. The molecule has 2 heterocycles. The summed E-state index contributed by atoms with van der Waals surface area (Å²) in [6.07, 6.45) is 0. The second-order valence-corrected chi connectivity index (χ2v) is 4.91. The predicted molar refractivity (Wildman–Crippen MR) is 76.3 cm³/mol. The largest absolute Gasteiger partial charge is 0.454 e. The van der Waals surface area contributed by atoms with Gasteiger partial charge in [0, 0.05) is 6.54 Å². The fourth-order valence-electron chi connectivity index (χ4n) is 2.44. The number of rotatable bonds is 3. The molecule has 0 fully saturated rings. The molecule has 2 aliphatic rings. The molecule has 0 atom stereocenters. The van der Waals surface area contributed by atoms with E-state index in [0.717, 1.165) is 11.3 Å². The molecule has 0 unspecified atom stereocenters. The molecule has 4 rings (SSSR count). The van der Waals surface area contributed by atoms with Gasteiger partial charge in [-0.3, -0.25) is 4.79 Å². The van der Waals surface area contributed by atoms with E-state index in [1.54, 1.807) is 18.2 Å². The SMILES string of the molecule is O=C(NCc1ccc2c(c1)OCO2)c1cccc2c1OCO2. The number of hydrogen-bond acceptors (Lipinski definition) is 5. The van der Waals surface area contributed by atoms with Crippen molar-refractivity contribution in [3.8, 4) is 23.0 Å². The van der Waals surface area contributed by atoms with Crippen LogP contribution < -0.4 is 24.3 Å². The van der Waals surface area contributed by atoms with E-state index in [1.807, 2.05) is 18.2 Å². The third-order valence-corrected chi connectivity index (χ3v) is 3.53. The maximum absolute atomic E-state index is 12.3. The van der Waals surface area contributed by atoms with E-state index in [4.69, 9.17) is 18.9 Å². The Kier molecular flexibility index (Phi) is 3.00. The summed E-state index contributed by atoms with van der Waals surface area (Å²) in [5.41, 5.74) is 1.40. The van der Waals surface area contributed by atoms with Gasteiger partial charge in [0.25, 0.3) is 5.91 Å². The van der Waals surface area contributed by atoms with Crippen LogP contribution in [0.2, 0.25) is 0 Å². The number of hydrogen-bond donors (Lipinski definition) is 1. The Morgan fingerprint density at radius 3 is 2.73 bits per heavy atom. The molecule has 2 aromatic rings. The number of para-hydroxylation sites is 1. The zero-order valence-electron chi connectivity index (χ0n) is 11.6. The fourth-order valence-corrected chi connectivity index (χ4v) is 2.44. The zero-order chi connectivity index (χ0) is 14.9. The molecule has 0 bridgehead atoms. The van der Waals surface area contributed by atoms with Crippen molar-refractivity contribution in [3.63, 3.8) is 0 Å². The Balaban J connectivity index is 1.48. The molecule has 0 saturated carbocycles. The number of nitrogens with one attached hydrogen (secondary N) is 1. The van der Waals surface area contributed by atoms with Crippen LogP contribution in [0.5, 0.6) is 23.0 Å². The van der Waals surface area contributed by atoms with Gasteiger partial charge < -0.3 is 24.3 Å². The second-order valence-electron chi connectivity index (χ2n) is 4.91. The third kappa shape index (κ3) is 2.18. The Bertz CT molecular complexity index is 743. The molecule has 0 spiro atoms. The lowest BCUT2D eigenvalue weighted by Gasteiger charge is -2.08. The van der Waals surface area contributed by atoms with Gasteiger partial charge in [-0.1, -0.05) is 12.1 Å². The predicted octanol–water partition coefficient (Wildman–Crippen LogP) is 2.07. The highest BCUT2D eigenvalue weighted by Crippen LogP contribution is 2.35. The average molecular weight is 299 g/mol. The molecule has 2 aromatic carbocycles. The summed E-state index contributed by atoms with van der Waals surface area (Å²) in [5, 5.41) is 2.87. The Labute approximate surface area is 126 Å². The minimum atomic E-state index is -0.208. The first-order chi connectivity index (χ1) is 10.8. The lowest BCUT2D eigenvalue weighted by Crippen LogP contribution is -2.23. The zero-order valence-corrected chi connectivity index (χ0v) is 11.6. The van der Waals surface area contributed by atoms with Crippen molar-refractivity contribution in [3.05, 3.63) is 47.5 Å². The Morgan fingerprint density at radius 1 is 0.955 bits per heavy atom. The van der Waals surface area contributed by atoms with Crippen LogP contribution in [0.15, 0.2) is 36.4 Å². The molecule has 2 aliphatic heterocycles. The van der Waals surface area contributed by atoms with Crippen LogP contribution in [-0.4, -0.2) is 19.5 Å². The molecule has 1 N–H and O–H groups in total. The van der Waals surface area contributed by atoms with E-state index in [9.17, 15) is 4.79 Å². The van der Waals surface area contributed by atoms with Crippen LogP contribution in [0.3, 0.4) is 0 Å². The standard InChI is InChI=1S/C16H13NO5/c18-16(11-2-1-3-13-15(11)22-9-20-13)17-7-10-4-5-12-14(6-10)21-8-19-12/h1-6H,7-9H2,(H,17,18). The van der Waals surface area contributed by atoms with Crippen molar-refractivity contribution >= 4 is 5.91 Å². The van der Waals surface area contributed by atoms with E-state index in [0.29, 0.717) is 29.4 Å². The van der Waals surface area contributed by atoms with Crippen LogP contribution in [0.4, 0.5) is 0 Å². The normalized spacial score (nSPS) is 14.0. The van der Waals surface area contributed by atoms with Crippen LogP contribution in [-0.2, 0) is 6.54 Å². The molecular weight excluding hydrogens is 286 g/mol. The summed E-state index contributed by atoms with van der Waals surface area (Å²) in [4.78, 5) is 12.3. The van der Waals surface area contributed by atoms with Gasteiger partial charge in [-0.05, 0) is 29.8 Å². The second kappa shape index (κ2) is 5.14. The molecule has 0 aliphatic carbocycles. The first kappa shape index (κ1) is 12.8. The van der Waals surface area contributed by atoms with Crippen LogP contribution in [0, 0.1) is 0 Å². The summed E-state index contributed by atoms with van der Waals surface area (Å²) >= 11 is 0. The minimum Gasteiger partial charge on any atom is -0.454 e. The smallest absolute Gasteiger partial charge is 0.255 e. The topological polar surface area (TPSA) is 66.0 Å². The van der Waals surface area contributed by atoms with E-state index < -0.39 is 0 Å². The molecular formula is C16H13NO5. The summed E-state index contributed by atoms with van der Waals surface area (Å²) in [6.45, 7) is 0.764. The van der Waals surface area contributed by atoms with Crippen molar-refractivity contribution < 1.29 is 23.7 Å². The summed E-state index contributed by atoms with van der Waals surface area (Å²) in [7, 11) is 0. The summed E-state index contributed by atoms with van der Waals surface area (Å²) in [5.74, 6) is 2.30. The van der Waals surface area contributed by atoms with Gasteiger partial charge in [0.2, 0.25) is 13.6 Å². The van der Waals surface area contributed by atoms with Gasteiger partial charge in [0.05, 0.1) is 5.56 Å². The molecule has 6 nitrogen and oxygen atoms in total. The maximum Gasteiger partial charge on any atom is 0.255 e. The van der Waals surface area contributed by atoms with Gasteiger partial charge in [-0.15, -0.1) is 0 Å².